The molecule has 0 amide bonds. The first-order valence-corrected chi connectivity index (χ1v) is 9.37. The molecule has 0 spiro atoms. The van der Waals surface area contributed by atoms with Gasteiger partial charge in [0.15, 0.2) is 0 Å². The Morgan fingerprint density at radius 1 is 0.700 bits per heavy atom. The van der Waals surface area contributed by atoms with Gasteiger partial charge in [-0.15, -0.1) is 0 Å². The van der Waals surface area contributed by atoms with E-state index in [4.69, 9.17) is 0 Å². The zero-order valence-electron chi connectivity index (χ0n) is 12.4. The van der Waals surface area contributed by atoms with Gasteiger partial charge >= 0.3 is 97.7 Å². The molecule has 2 aromatic rings. The van der Waals surface area contributed by atoms with E-state index in [9.17, 15) is 0 Å². The van der Waals surface area contributed by atoms with Crippen LogP contribution < -0.4 is 8.79 Å². The van der Waals surface area contributed by atoms with Crippen LogP contribution in [0.3, 0.4) is 0 Å². The Labute approximate surface area is 128 Å². The monoisotopic (exact) mass is 329 g/mol. The maximum atomic E-state index is 4.08. The summed E-state index contributed by atoms with van der Waals surface area (Å²) in [6.07, 6.45) is 2.67. The van der Waals surface area contributed by atoms with Crippen LogP contribution >= 0.6 is 0 Å². The van der Waals surface area contributed by atoms with Crippen molar-refractivity contribution in [2.75, 3.05) is 13.2 Å². The van der Waals surface area contributed by atoms with Crippen molar-refractivity contribution in [3.8, 4) is 0 Å². The Hall–Kier alpha value is -1.06. The second-order valence-electron chi connectivity index (χ2n) is 5.23. The number of benzene rings is 2. The first-order valence-electron chi connectivity index (χ1n) is 7.28. The van der Waals surface area contributed by atoms with E-state index in [1.165, 1.54) is 32.8 Å². The molecule has 0 unspecified atom stereocenters. The molecular formula is C18H23GeO+. The molecule has 1 aliphatic rings. The molecule has 1 saturated heterocycles. The molecular weight excluding hydrogens is 305 g/mol. The molecule has 1 nitrogen and oxygen atoms in total. The average Bonchev–Trinajstić information content (AvgIpc) is 3.03. The van der Waals surface area contributed by atoms with Crippen LogP contribution in [0, 0.1) is 13.8 Å². The Morgan fingerprint density at radius 2 is 1.10 bits per heavy atom. The van der Waals surface area contributed by atoms with Gasteiger partial charge < -0.3 is 4.74 Å². The van der Waals surface area contributed by atoms with Gasteiger partial charge in [0.2, 0.25) is 0 Å². The Balaban J connectivity index is 0.000000247. The quantitative estimate of drug-likeness (QED) is 0.593. The summed E-state index contributed by atoms with van der Waals surface area (Å²) in [5, 5.41) is 0. The SMILES string of the molecule is C1CC[OH+]C1.Cc1cc[c]([Ge][c]2ccc(C)cc2)cc1. The van der Waals surface area contributed by atoms with Crippen molar-refractivity contribution in [3.05, 3.63) is 59.7 Å². The van der Waals surface area contributed by atoms with Crippen LogP contribution in [0.5, 0.6) is 0 Å². The molecule has 104 valence electrons. The van der Waals surface area contributed by atoms with Crippen molar-refractivity contribution < 1.29 is 4.74 Å². The van der Waals surface area contributed by atoms with E-state index in [2.05, 4.69) is 67.1 Å². The molecule has 0 aromatic heterocycles. The van der Waals surface area contributed by atoms with Gasteiger partial charge in [-0.25, -0.2) is 0 Å². The topological polar surface area (TPSA) is 12.8 Å². The van der Waals surface area contributed by atoms with Crippen molar-refractivity contribution >= 4 is 24.2 Å². The van der Waals surface area contributed by atoms with E-state index in [0.717, 1.165) is 13.2 Å². The van der Waals surface area contributed by atoms with Crippen LogP contribution in [0.4, 0.5) is 0 Å². The molecule has 20 heavy (non-hydrogen) atoms. The van der Waals surface area contributed by atoms with E-state index in [0.29, 0.717) is 0 Å². The molecule has 1 N–H and O–H groups in total. The van der Waals surface area contributed by atoms with Crippen LogP contribution in [0.15, 0.2) is 48.5 Å². The Morgan fingerprint density at radius 3 is 1.40 bits per heavy atom. The standard InChI is InChI=1S/C14H14Ge.C4H8O/c1-11-3-7-13(8-4-11)15-14-9-5-12(2)6-10-14;1-2-4-5-3-1/h3-10H,1-2H3;1-4H2/p+1. The number of hydrogen-bond donors (Lipinski definition) is 0. The minimum atomic E-state index is -0.137. The third kappa shape index (κ3) is 5.52. The van der Waals surface area contributed by atoms with Gasteiger partial charge in [0, 0.05) is 12.8 Å². The summed E-state index contributed by atoms with van der Waals surface area (Å²) in [5.74, 6) is 0. The predicted octanol–water partition coefficient (Wildman–Crippen LogP) is 2.27. The second-order valence-corrected chi connectivity index (χ2v) is 8.18. The van der Waals surface area contributed by atoms with Crippen LogP contribution in [-0.4, -0.2) is 33.4 Å². The minimum absolute atomic E-state index is 0.137. The summed E-state index contributed by atoms with van der Waals surface area (Å²) >= 11 is -0.137. The first kappa shape index (κ1) is 15.3. The van der Waals surface area contributed by atoms with E-state index in [-0.39, 0.29) is 15.4 Å². The van der Waals surface area contributed by atoms with Gasteiger partial charge in [0.1, 0.15) is 13.2 Å². The van der Waals surface area contributed by atoms with E-state index >= 15 is 0 Å². The molecule has 0 saturated carbocycles. The van der Waals surface area contributed by atoms with Gasteiger partial charge in [-0.1, -0.05) is 0 Å². The van der Waals surface area contributed by atoms with Crippen LogP contribution in [0.1, 0.15) is 24.0 Å². The normalized spacial score (nSPS) is 13.7. The van der Waals surface area contributed by atoms with Crippen molar-refractivity contribution in [3.63, 3.8) is 0 Å². The average molecular weight is 328 g/mol. The molecule has 2 heteroatoms. The molecule has 0 aliphatic carbocycles. The summed E-state index contributed by atoms with van der Waals surface area (Å²) in [7, 11) is 0. The predicted molar refractivity (Wildman–Crippen MR) is 88.6 cm³/mol. The number of rotatable bonds is 2. The summed E-state index contributed by atoms with van der Waals surface area (Å²) in [6, 6.07) is 17.8. The molecule has 0 bridgehead atoms. The summed E-state index contributed by atoms with van der Waals surface area (Å²) in [5.41, 5.74) is 2.68. The summed E-state index contributed by atoms with van der Waals surface area (Å²) in [4.78, 5) is 0. The molecule has 1 fully saturated rings. The van der Waals surface area contributed by atoms with Crippen molar-refractivity contribution in [1.29, 1.82) is 0 Å². The molecule has 2 radical (unpaired) electrons. The zero-order chi connectivity index (χ0) is 14.2. The van der Waals surface area contributed by atoms with Crippen LogP contribution in [-0.2, 0) is 0 Å². The Kier molecular flexibility index (Phi) is 6.35. The molecule has 1 aliphatic heterocycles. The molecule has 3 rings (SSSR count). The summed E-state index contributed by atoms with van der Waals surface area (Å²) in [6.45, 7) is 6.52. The molecule has 2 aromatic carbocycles. The van der Waals surface area contributed by atoms with Crippen molar-refractivity contribution in [2.45, 2.75) is 26.7 Å². The first-order chi connectivity index (χ1) is 9.74. The van der Waals surface area contributed by atoms with Crippen molar-refractivity contribution in [2.24, 2.45) is 0 Å². The van der Waals surface area contributed by atoms with Gasteiger partial charge in [-0.05, 0) is 0 Å². The Bertz CT molecular complexity index is 447. The van der Waals surface area contributed by atoms with Crippen LogP contribution in [0.25, 0.3) is 0 Å². The number of ether oxygens (including phenoxy) is 1. The number of aryl methyl sites for hydroxylation is 2. The summed E-state index contributed by atoms with van der Waals surface area (Å²) < 4.78 is 7.09. The van der Waals surface area contributed by atoms with Gasteiger partial charge in [0.05, 0.1) is 0 Å². The zero-order valence-corrected chi connectivity index (χ0v) is 14.5. The second kappa shape index (κ2) is 8.28. The van der Waals surface area contributed by atoms with Crippen molar-refractivity contribution in [1.82, 2.24) is 0 Å². The van der Waals surface area contributed by atoms with Crippen LogP contribution in [0.2, 0.25) is 0 Å². The van der Waals surface area contributed by atoms with Gasteiger partial charge in [-0.3, -0.25) is 0 Å². The van der Waals surface area contributed by atoms with E-state index in [1.54, 1.807) is 0 Å². The maximum absolute atomic E-state index is 4.08. The van der Waals surface area contributed by atoms with E-state index < -0.39 is 0 Å². The third-order valence-corrected chi connectivity index (χ3v) is 5.88. The van der Waals surface area contributed by atoms with Gasteiger partial charge in [0.25, 0.3) is 0 Å². The number of aliphatic hydroxyl groups is 2. The third-order valence-electron chi connectivity index (χ3n) is 3.27. The van der Waals surface area contributed by atoms with Gasteiger partial charge in [-0.2, -0.15) is 0 Å². The van der Waals surface area contributed by atoms with E-state index in [1.807, 2.05) is 0 Å². The number of hydrogen-bond acceptors (Lipinski definition) is 0. The molecule has 1 heterocycles. The fourth-order valence-electron chi connectivity index (χ4n) is 2.00. The molecule has 0 atom stereocenters. The fraction of sp³-hybridized carbons (Fsp3) is 0.333. The fourth-order valence-corrected chi connectivity index (χ4v) is 4.10.